The second-order valence-corrected chi connectivity index (χ2v) is 5.60. The molecule has 6 nitrogen and oxygen atoms in total. The highest BCUT2D eigenvalue weighted by Gasteiger charge is 2.12. The van der Waals surface area contributed by atoms with Gasteiger partial charge in [0.1, 0.15) is 6.54 Å². The van der Waals surface area contributed by atoms with Gasteiger partial charge >= 0.3 is 0 Å². The predicted octanol–water partition coefficient (Wildman–Crippen LogP) is 2.46. The van der Waals surface area contributed by atoms with Crippen LogP contribution < -0.4 is 5.32 Å². The van der Waals surface area contributed by atoms with E-state index in [0.717, 1.165) is 17.5 Å². The van der Waals surface area contributed by atoms with E-state index in [-0.39, 0.29) is 12.5 Å². The van der Waals surface area contributed by atoms with Gasteiger partial charge in [0.05, 0.1) is 0 Å². The molecule has 0 aliphatic heterocycles. The number of nitrogens with one attached hydrogen (secondary N) is 2. The Hall–Kier alpha value is -1.99. The molecule has 7 heteroatoms. The quantitative estimate of drug-likeness (QED) is 0.574. The number of carbonyl (C=O) groups is 1. The summed E-state index contributed by atoms with van der Waals surface area (Å²) < 4.78 is 7.39. The van der Waals surface area contributed by atoms with Crippen molar-refractivity contribution in [3.8, 4) is 11.4 Å². The minimum absolute atomic E-state index is 0.0899. The van der Waals surface area contributed by atoms with Crippen LogP contribution in [0.4, 0.5) is 0 Å². The van der Waals surface area contributed by atoms with Crippen LogP contribution in [0.15, 0.2) is 24.3 Å². The number of benzene rings is 1. The largest absolute Gasteiger partial charge is 0.382 e. The van der Waals surface area contributed by atoms with Crippen LogP contribution in [0.5, 0.6) is 0 Å². The summed E-state index contributed by atoms with van der Waals surface area (Å²) in [4.78, 5) is 12.1. The maximum absolute atomic E-state index is 12.1. The number of ether oxygens (including phenoxy) is 1. The first-order valence-corrected chi connectivity index (χ1v) is 8.09. The first kappa shape index (κ1) is 17.4. The molecule has 124 valence electrons. The Morgan fingerprint density at radius 2 is 2.30 bits per heavy atom. The zero-order valence-corrected chi connectivity index (χ0v) is 14.3. The van der Waals surface area contributed by atoms with Gasteiger partial charge in [-0.1, -0.05) is 23.8 Å². The van der Waals surface area contributed by atoms with Crippen molar-refractivity contribution in [2.24, 2.45) is 0 Å². The van der Waals surface area contributed by atoms with Gasteiger partial charge in [-0.15, -0.1) is 0 Å². The Bertz CT molecular complexity index is 708. The smallest absolute Gasteiger partial charge is 0.240 e. The average Bonchev–Trinajstić information content (AvgIpc) is 2.88. The van der Waals surface area contributed by atoms with Gasteiger partial charge in [-0.25, -0.2) is 0 Å². The number of amides is 1. The number of aromatic amines is 1. The third kappa shape index (κ3) is 5.01. The van der Waals surface area contributed by atoms with E-state index < -0.39 is 0 Å². The van der Waals surface area contributed by atoms with Gasteiger partial charge in [-0.05, 0) is 38.6 Å². The SMILES string of the molecule is CCOCCCNC(=O)Cn1c(-c2cccc(C)c2)n[nH]c1=S. The summed E-state index contributed by atoms with van der Waals surface area (Å²) >= 11 is 5.24. The maximum atomic E-state index is 12.1. The number of carbonyl (C=O) groups excluding carboxylic acids is 1. The molecule has 0 spiro atoms. The van der Waals surface area contributed by atoms with Crippen molar-refractivity contribution in [1.82, 2.24) is 20.1 Å². The highest BCUT2D eigenvalue weighted by molar-refractivity contribution is 7.71. The van der Waals surface area contributed by atoms with Crippen LogP contribution in [0.2, 0.25) is 0 Å². The molecule has 0 aliphatic rings. The van der Waals surface area contributed by atoms with Crippen LogP contribution >= 0.6 is 12.2 Å². The molecule has 0 atom stereocenters. The monoisotopic (exact) mass is 334 g/mol. The Labute approximate surface area is 140 Å². The van der Waals surface area contributed by atoms with Crippen LogP contribution in [0.25, 0.3) is 11.4 Å². The molecule has 0 radical (unpaired) electrons. The topological polar surface area (TPSA) is 71.9 Å². The van der Waals surface area contributed by atoms with Gasteiger partial charge in [0, 0.05) is 25.3 Å². The van der Waals surface area contributed by atoms with E-state index in [9.17, 15) is 4.79 Å². The van der Waals surface area contributed by atoms with Gasteiger partial charge in [0.2, 0.25) is 5.91 Å². The van der Waals surface area contributed by atoms with E-state index in [1.165, 1.54) is 0 Å². The fourth-order valence-electron chi connectivity index (χ4n) is 2.21. The van der Waals surface area contributed by atoms with E-state index in [1.807, 2.05) is 38.1 Å². The van der Waals surface area contributed by atoms with E-state index in [0.29, 0.717) is 30.4 Å². The molecule has 0 saturated carbocycles. The molecule has 0 aliphatic carbocycles. The Morgan fingerprint density at radius 3 is 3.04 bits per heavy atom. The second-order valence-electron chi connectivity index (χ2n) is 5.21. The molecule has 1 amide bonds. The molecule has 2 aromatic rings. The number of rotatable bonds is 8. The highest BCUT2D eigenvalue weighted by atomic mass is 32.1. The normalized spacial score (nSPS) is 10.7. The number of hydrogen-bond donors (Lipinski definition) is 2. The highest BCUT2D eigenvalue weighted by Crippen LogP contribution is 2.18. The zero-order chi connectivity index (χ0) is 16.7. The Kier molecular flexibility index (Phi) is 6.49. The summed E-state index contributed by atoms with van der Waals surface area (Å²) in [6.45, 7) is 6.04. The van der Waals surface area contributed by atoms with Gasteiger partial charge in [0.25, 0.3) is 0 Å². The molecule has 0 bridgehead atoms. The Balaban J connectivity index is 2.02. The number of nitrogens with zero attached hydrogens (tertiary/aromatic N) is 2. The van der Waals surface area contributed by atoms with Crippen molar-refractivity contribution < 1.29 is 9.53 Å². The molecular formula is C16H22N4O2S. The fourth-order valence-corrected chi connectivity index (χ4v) is 2.41. The van der Waals surface area contributed by atoms with Crippen molar-refractivity contribution in [2.45, 2.75) is 26.8 Å². The number of aryl methyl sites for hydroxylation is 1. The minimum atomic E-state index is -0.0899. The first-order chi connectivity index (χ1) is 11.1. The molecule has 1 aromatic carbocycles. The molecule has 0 fully saturated rings. The van der Waals surface area contributed by atoms with E-state index in [1.54, 1.807) is 4.57 Å². The zero-order valence-electron chi connectivity index (χ0n) is 13.5. The van der Waals surface area contributed by atoms with Crippen LogP contribution in [0.3, 0.4) is 0 Å². The van der Waals surface area contributed by atoms with Gasteiger partial charge in [-0.2, -0.15) is 5.10 Å². The number of hydrogen-bond acceptors (Lipinski definition) is 4. The third-order valence-corrected chi connectivity index (χ3v) is 3.64. The first-order valence-electron chi connectivity index (χ1n) is 7.68. The summed E-state index contributed by atoms with van der Waals surface area (Å²) in [6, 6.07) is 7.94. The van der Waals surface area contributed by atoms with Crippen LogP contribution in [-0.2, 0) is 16.1 Å². The lowest BCUT2D eigenvalue weighted by Crippen LogP contribution is -2.29. The lowest BCUT2D eigenvalue weighted by atomic mass is 10.1. The second kappa shape index (κ2) is 8.59. The molecule has 0 unspecified atom stereocenters. The molecule has 1 aromatic heterocycles. The molecule has 23 heavy (non-hydrogen) atoms. The molecular weight excluding hydrogens is 312 g/mol. The average molecular weight is 334 g/mol. The summed E-state index contributed by atoms with van der Waals surface area (Å²) in [5, 5.41) is 9.88. The number of H-pyrrole nitrogens is 1. The molecule has 0 saturated heterocycles. The minimum Gasteiger partial charge on any atom is -0.382 e. The van der Waals surface area contributed by atoms with Crippen molar-refractivity contribution >= 4 is 18.1 Å². The summed E-state index contributed by atoms with van der Waals surface area (Å²) in [7, 11) is 0. The van der Waals surface area contributed by atoms with Gasteiger partial charge < -0.3 is 10.1 Å². The Morgan fingerprint density at radius 1 is 1.48 bits per heavy atom. The summed E-state index contributed by atoms with van der Waals surface area (Å²) in [5.41, 5.74) is 2.06. The van der Waals surface area contributed by atoms with Crippen LogP contribution in [0, 0.1) is 11.7 Å². The van der Waals surface area contributed by atoms with E-state index >= 15 is 0 Å². The van der Waals surface area contributed by atoms with Crippen molar-refractivity contribution in [2.75, 3.05) is 19.8 Å². The van der Waals surface area contributed by atoms with Crippen molar-refractivity contribution in [3.63, 3.8) is 0 Å². The lowest BCUT2D eigenvalue weighted by Gasteiger charge is -2.08. The molecule has 2 N–H and O–H groups in total. The molecule has 1 heterocycles. The summed E-state index contributed by atoms with van der Waals surface area (Å²) in [6.07, 6.45) is 0.793. The molecule has 2 rings (SSSR count). The number of aromatic nitrogens is 3. The summed E-state index contributed by atoms with van der Waals surface area (Å²) in [5.74, 6) is 0.580. The third-order valence-electron chi connectivity index (χ3n) is 3.33. The predicted molar refractivity (Wildman–Crippen MR) is 91.7 cm³/mol. The van der Waals surface area contributed by atoms with Crippen molar-refractivity contribution in [1.29, 1.82) is 0 Å². The van der Waals surface area contributed by atoms with Crippen molar-refractivity contribution in [3.05, 3.63) is 34.6 Å². The maximum Gasteiger partial charge on any atom is 0.240 e. The van der Waals surface area contributed by atoms with Gasteiger partial charge in [-0.3, -0.25) is 14.5 Å². The van der Waals surface area contributed by atoms with Gasteiger partial charge in [0.15, 0.2) is 10.6 Å². The van der Waals surface area contributed by atoms with E-state index in [4.69, 9.17) is 17.0 Å². The van der Waals surface area contributed by atoms with Crippen LogP contribution in [0.1, 0.15) is 18.9 Å². The fraction of sp³-hybridized carbons (Fsp3) is 0.438. The van der Waals surface area contributed by atoms with E-state index in [2.05, 4.69) is 15.5 Å². The van der Waals surface area contributed by atoms with Crippen LogP contribution in [-0.4, -0.2) is 40.4 Å². The standard InChI is InChI=1S/C16H22N4O2S/c1-3-22-9-5-8-17-14(21)11-20-15(18-19-16(20)23)13-7-4-6-12(2)10-13/h4,6-7,10H,3,5,8-9,11H2,1-2H3,(H,17,21)(H,19,23). The lowest BCUT2D eigenvalue weighted by molar-refractivity contribution is -0.121.